The maximum absolute atomic E-state index is 13.7. The molecule has 128 valence electrons. The summed E-state index contributed by atoms with van der Waals surface area (Å²) < 4.78 is 65.1. The molecule has 0 bridgehead atoms. The van der Waals surface area contributed by atoms with E-state index < -0.39 is 23.4 Å². The van der Waals surface area contributed by atoms with Gasteiger partial charge in [-0.15, -0.1) is 0 Å². The molecule has 0 aliphatic heterocycles. The summed E-state index contributed by atoms with van der Waals surface area (Å²) in [5.41, 5.74) is -1.45. The Kier molecular flexibility index (Phi) is 5.82. The molecule has 0 nitrogen and oxygen atoms in total. The molecule has 0 aromatic heterocycles. The normalized spacial score (nSPS) is 22.7. The van der Waals surface area contributed by atoms with Crippen molar-refractivity contribution >= 4 is 0 Å². The average molecular weight is 332 g/mol. The Hall–Kier alpha value is -1.39. The monoisotopic (exact) mass is 332 g/mol. The van der Waals surface area contributed by atoms with Crippen LogP contribution in [0, 0.1) is 17.6 Å². The molecule has 1 fully saturated rings. The summed E-state index contributed by atoms with van der Waals surface area (Å²) in [6.45, 7) is 2.07. The van der Waals surface area contributed by atoms with Crippen molar-refractivity contribution in [3.05, 3.63) is 47.0 Å². The molecule has 0 heterocycles. The lowest BCUT2D eigenvalue weighted by Gasteiger charge is -2.28. The molecule has 0 unspecified atom stereocenters. The molecule has 0 atom stereocenters. The fraction of sp³-hybridized carbons (Fsp3) is 0.556. The standard InChI is InChI=1S/C18H21F5/c1-2-3-4-5-12-6-8-13(9-7-12)14-10-15(19)17(16(20)11-14)18(21,22)23/h3-4,10-13H,2,5-9H2,1H3. The lowest BCUT2D eigenvalue weighted by molar-refractivity contribution is -0.142. The van der Waals surface area contributed by atoms with Crippen LogP contribution >= 0.6 is 0 Å². The largest absolute Gasteiger partial charge is 0.422 e. The predicted octanol–water partition coefficient (Wildman–Crippen LogP) is 6.61. The van der Waals surface area contributed by atoms with Crippen LogP contribution in [0.2, 0.25) is 0 Å². The minimum absolute atomic E-state index is 0.0623. The lowest BCUT2D eigenvalue weighted by atomic mass is 9.77. The van der Waals surface area contributed by atoms with E-state index in [0.717, 1.165) is 50.7 Å². The quantitative estimate of drug-likeness (QED) is 0.430. The molecule has 5 heteroatoms. The highest BCUT2D eigenvalue weighted by molar-refractivity contribution is 5.30. The molecule has 0 N–H and O–H groups in total. The molecule has 1 aliphatic rings. The van der Waals surface area contributed by atoms with Gasteiger partial charge < -0.3 is 0 Å². The summed E-state index contributed by atoms with van der Waals surface area (Å²) in [6.07, 6.45) is 4.65. The Morgan fingerprint density at radius 1 is 1.00 bits per heavy atom. The Morgan fingerprint density at radius 3 is 2.04 bits per heavy atom. The maximum atomic E-state index is 13.7. The second kappa shape index (κ2) is 7.45. The van der Waals surface area contributed by atoms with Crippen LogP contribution in [0.1, 0.15) is 62.5 Å². The van der Waals surface area contributed by atoms with Crippen LogP contribution in [0.3, 0.4) is 0 Å². The summed E-state index contributed by atoms with van der Waals surface area (Å²) in [5.74, 6) is -2.54. The zero-order valence-electron chi connectivity index (χ0n) is 13.1. The average Bonchev–Trinajstić information content (AvgIpc) is 2.46. The molecular weight excluding hydrogens is 311 g/mol. The number of rotatable bonds is 4. The fourth-order valence-corrected chi connectivity index (χ4v) is 3.29. The molecule has 1 aliphatic carbocycles. The lowest BCUT2D eigenvalue weighted by Crippen LogP contribution is -2.16. The molecular formula is C18H21F5. The highest BCUT2D eigenvalue weighted by atomic mass is 19.4. The first-order valence-electron chi connectivity index (χ1n) is 8.04. The van der Waals surface area contributed by atoms with Gasteiger partial charge in [0.15, 0.2) is 0 Å². The minimum atomic E-state index is -5.00. The highest BCUT2D eigenvalue weighted by Crippen LogP contribution is 2.40. The third-order valence-corrected chi connectivity index (χ3v) is 4.54. The van der Waals surface area contributed by atoms with Crippen LogP contribution in [0.5, 0.6) is 0 Å². The maximum Gasteiger partial charge on any atom is 0.422 e. The topological polar surface area (TPSA) is 0 Å². The number of halogens is 5. The van der Waals surface area contributed by atoms with Gasteiger partial charge in [-0.1, -0.05) is 19.1 Å². The van der Waals surface area contributed by atoms with Crippen LogP contribution in [-0.2, 0) is 6.18 Å². The van der Waals surface area contributed by atoms with E-state index in [1.165, 1.54) is 0 Å². The summed E-state index contributed by atoms with van der Waals surface area (Å²) in [5, 5.41) is 0. The van der Waals surface area contributed by atoms with Crippen LogP contribution in [0.25, 0.3) is 0 Å². The second-order valence-electron chi connectivity index (χ2n) is 6.19. The van der Waals surface area contributed by atoms with E-state index in [1.54, 1.807) is 0 Å². The number of allylic oxidation sites excluding steroid dienone is 2. The first-order chi connectivity index (χ1) is 10.8. The van der Waals surface area contributed by atoms with Crippen LogP contribution in [0.15, 0.2) is 24.3 Å². The first kappa shape index (κ1) is 18.0. The minimum Gasteiger partial charge on any atom is -0.206 e. The number of alkyl halides is 3. The summed E-state index contributed by atoms with van der Waals surface area (Å²) in [6, 6.07) is 1.71. The Morgan fingerprint density at radius 2 is 1.57 bits per heavy atom. The van der Waals surface area contributed by atoms with Gasteiger partial charge in [0, 0.05) is 0 Å². The van der Waals surface area contributed by atoms with Crippen molar-refractivity contribution < 1.29 is 22.0 Å². The fourth-order valence-electron chi connectivity index (χ4n) is 3.29. The molecule has 1 aromatic carbocycles. The summed E-state index contributed by atoms with van der Waals surface area (Å²) in [4.78, 5) is 0. The Balaban J connectivity index is 2.06. The number of hydrogen-bond acceptors (Lipinski definition) is 0. The van der Waals surface area contributed by atoms with E-state index >= 15 is 0 Å². The molecule has 0 radical (unpaired) electrons. The van der Waals surface area contributed by atoms with E-state index in [9.17, 15) is 22.0 Å². The van der Waals surface area contributed by atoms with Crippen molar-refractivity contribution in [2.24, 2.45) is 5.92 Å². The van der Waals surface area contributed by atoms with Crippen molar-refractivity contribution in [1.29, 1.82) is 0 Å². The van der Waals surface area contributed by atoms with Crippen molar-refractivity contribution in [2.45, 2.75) is 57.5 Å². The van der Waals surface area contributed by atoms with Gasteiger partial charge in [-0.25, -0.2) is 8.78 Å². The predicted molar refractivity (Wildman–Crippen MR) is 80.1 cm³/mol. The van der Waals surface area contributed by atoms with Crippen LogP contribution in [0.4, 0.5) is 22.0 Å². The van der Waals surface area contributed by atoms with Gasteiger partial charge >= 0.3 is 6.18 Å². The van der Waals surface area contributed by atoms with Gasteiger partial charge in [0.25, 0.3) is 0 Å². The molecule has 0 spiro atoms. The molecule has 2 rings (SSSR count). The molecule has 1 aromatic rings. The zero-order chi connectivity index (χ0) is 17.0. The van der Waals surface area contributed by atoms with Crippen molar-refractivity contribution in [2.75, 3.05) is 0 Å². The van der Waals surface area contributed by atoms with Gasteiger partial charge in [0.05, 0.1) is 0 Å². The van der Waals surface area contributed by atoms with Crippen molar-refractivity contribution in [1.82, 2.24) is 0 Å². The highest BCUT2D eigenvalue weighted by Gasteiger charge is 2.38. The first-order valence-corrected chi connectivity index (χ1v) is 8.04. The summed E-state index contributed by atoms with van der Waals surface area (Å²) >= 11 is 0. The van der Waals surface area contributed by atoms with Gasteiger partial charge in [0.1, 0.15) is 17.2 Å². The van der Waals surface area contributed by atoms with Crippen molar-refractivity contribution in [3.8, 4) is 0 Å². The van der Waals surface area contributed by atoms with E-state index in [-0.39, 0.29) is 5.92 Å². The van der Waals surface area contributed by atoms with E-state index in [2.05, 4.69) is 19.1 Å². The third kappa shape index (κ3) is 4.55. The van der Waals surface area contributed by atoms with Crippen LogP contribution in [-0.4, -0.2) is 0 Å². The molecule has 1 saturated carbocycles. The number of hydrogen-bond donors (Lipinski definition) is 0. The number of benzene rings is 1. The summed E-state index contributed by atoms with van der Waals surface area (Å²) in [7, 11) is 0. The third-order valence-electron chi connectivity index (χ3n) is 4.54. The van der Waals surface area contributed by atoms with Gasteiger partial charge in [0.2, 0.25) is 0 Å². The van der Waals surface area contributed by atoms with E-state index in [1.807, 2.05) is 0 Å². The van der Waals surface area contributed by atoms with Crippen molar-refractivity contribution in [3.63, 3.8) is 0 Å². The van der Waals surface area contributed by atoms with Gasteiger partial charge in [-0.3, -0.25) is 0 Å². The van der Waals surface area contributed by atoms with Gasteiger partial charge in [-0.2, -0.15) is 13.2 Å². The zero-order valence-corrected chi connectivity index (χ0v) is 13.1. The molecule has 0 saturated heterocycles. The second-order valence-corrected chi connectivity index (χ2v) is 6.19. The van der Waals surface area contributed by atoms with Gasteiger partial charge in [-0.05, 0) is 68.1 Å². The van der Waals surface area contributed by atoms with E-state index in [0.29, 0.717) is 11.5 Å². The Bertz CT molecular complexity index is 528. The Labute approximate surface area is 133 Å². The SMILES string of the molecule is CCC=CCC1CCC(c2cc(F)c(C(F)(F)F)c(F)c2)CC1. The molecule has 0 amide bonds. The van der Waals surface area contributed by atoms with E-state index in [4.69, 9.17) is 0 Å². The smallest absolute Gasteiger partial charge is 0.206 e. The van der Waals surface area contributed by atoms with Crippen LogP contribution < -0.4 is 0 Å². The molecule has 23 heavy (non-hydrogen) atoms.